The average molecular weight is 406 g/mol. The van der Waals surface area contributed by atoms with Crippen molar-refractivity contribution in [2.24, 2.45) is 12.1 Å². The minimum absolute atomic E-state index is 0.0242. The first-order valence-electron chi connectivity index (χ1n) is 9.20. The normalized spacial score (nSPS) is 11.4. The molecule has 0 aliphatic heterocycles. The summed E-state index contributed by atoms with van der Waals surface area (Å²) >= 11 is 0. The number of carboxylic acid groups (broad SMARTS) is 1. The lowest BCUT2D eigenvalue weighted by Gasteiger charge is -2.06. The van der Waals surface area contributed by atoms with Crippen molar-refractivity contribution in [3.8, 4) is 17.0 Å². The van der Waals surface area contributed by atoms with Gasteiger partial charge in [-0.2, -0.15) is 10.2 Å². The predicted octanol–water partition coefficient (Wildman–Crippen LogP) is 3.26. The zero-order chi connectivity index (χ0) is 22.0. The van der Waals surface area contributed by atoms with Gasteiger partial charge in [-0.25, -0.2) is 10.2 Å². The van der Waals surface area contributed by atoms with E-state index < -0.39 is 11.9 Å². The van der Waals surface area contributed by atoms with Crippen molar-refractivity contribution in [3.63, 3.8) is 0 Å². The topological polar surface area (TPSA) is 117 Å². The molecule has 3 N–H and O–H groups in total. The fourth-order valence-corrected chi connectivity index (χ4v) is 3.21. The number of aromatic hydroxyl groups is 1. The van der Waals surface area contributed by atoms with Crippen molar-refractivity contribution in [2.45, 2.75) is 20.8 Å². The second kappa shape index (κ2) is 8.20. The van der Waals surface area contributed by atoms with Gasteiger partial charge >= 0.3 is 5.97 Å². The summed E-state index contributed by atoms with van der Waals surface area (Å²) in [5, 5.41) is 28.1. The summed E-state index contributed by atoms with van der Waals surface area (Å²) in [4.78, 5) is 23.2. The van der Waals surface area contributed by atoms with Gasteiger partial charge in [0.25, 0.3) is 5.91 Å². The van der Waals surface area contributed by atoms with Gasteiger partial charge in [0.15, 0.2) is 11.4 Å². The van der Waals surface area contributed by atoms with Gasteiger partial charge in [-0.3, -0.25) is 9.48 Å². The van der Waals surface area contributed by atoms with E-state index in [9.17, 15) is 14.7 Å². The molecular formula is C22H22N4O4. The van der Waals surface area contributed by atoms with Crippen LogP contribution in [0.15, 0.2) is 47.6 Å². The number of aromatic nitrogens is 2. The first-order chi connectivity index (χ1) is 14.2. The first kappa shape index (κ1) is 20.8. The van der Waals surface area contributed by atoms with Crippen LogP contribution in [0.4, 0.5) is 0 Å². The highest BCUT2D eigenvalue weighted by molar-refractivity contribution is 6.02. The summed E-state index contributed by atoms with van der Waals surface area (Å²) in [5.74, 6) is -1.60. The summed E-state index contributed by atoms with van der Waals surface area (Å²) in [5.41, 5.74) is 6.86. The van der Waals surface area contributed by atoms with E-state index in [1.165, 1.54) is 24.3 Å². The molecule has 0 radical (unpaired) electrons. The summed E-state index contributed by atoms with van der Waals surface area (Å²) in [6, 6.07) is 11.5. The number of carboxylic acids is 1. The molecule has 3 aromatic rings. The van der Waals surface area contributed by atoms with Crippen molar-refractivity contribution < 1.29 is 19.8 Å². The maximum absolute atomic E-state index is 12.3. The van der Waals surface area contributed by atoms with Gasteiger partial charge in [0.1, 0.15) is 5.69 Å². The number of aromatic carboxylic acids is 1. The van der Waals surface area contributed by atoms with E-state index in [1.807, 2.05) is 32.0 Å². The molecule has 30 heavy (non-hydrogen) atoms. The highest BCUT2D eigenvalue weighted by Crippen LogP contribution is 2.33. The Morgan fingerprint density at radius 3 is 2.17 bits per heavy atom. The lowest BCUT2D eigenvalue weighted by Crippen LogP contribution is -2.19. The van der Waals surface area contributed by atoms with E-state index in [1.54, 1.807) is 18.7 Å². The molecule has 0 saturated heterocycles. The van der Waals surface area contributed by atoms with Gasteiger partial charge in [0, 0.05) is 18.2 Å². The number of nitrogens with one attached hydrogen (secondary N) is 1. The fourth-order valence-electron chi connectivity index (χ4n) is 3.21. The standard InChI is InChI=1S/C22H22N4O4/c1-12-9-13(2)11-17(10-12)19-20(27)18(25-26(19)4)14(3)23-24-21(28)15-5-7-16(8-6-15)22(29)30/h5-11,27H,1-4H3,(H,24,28)(H,29,30). The molecule has 1 aromatic heterocycles. The van der Waals surface area contributed by atoms with Crippen molar-refractivity contribution in [1.82, 2.24) is 15.2 Å². The van der Waals surface area contributed by atoms with Crippen LogP contribution in [0.5, 0.6) is 5.75 Å². The van der Waals surface area contributed by atoms with Crippen LogP contribution in [0, 0.1) is 13.8 Å². The van der Waals surface area contributed by atoms with Crippen LogP contribution in [0.2, 0.25) is 0 Å². The van der Waals surface area contributed by atoms with Crippen LogP contribution in [-0.4, -0.2) is 37.6 Å². The SMILES string of the molecule is CC(=NNC(=O)c1ccc(C(=O)O)cc1)c1nn(C)c(-c2cc(C)cc(C)c2)c1O. The number of carbonyl (C=O) groups is 2. The Kier molecular flexibility index (Phi) is 5.68. The van der Waals surface area contributed by atoms with Crippen LogP contribution in [0.25, 0.3) is 11.3 Å². The van der Waals surface area contributed by atoms with Crippen LogP contribution in [0.3, 0.4) is 0 Å². The molecule has 1 amide bonds. The molecule has 0 fully saturated rings. The third-order valence-electron chi connectivity index (χ3n) is 4.58. The van der Waals surface area contributed by atoms with Gasteiger partial charge in [-0.15, -0.1) is 0 Å². The number of nitrogens with zero attached hydrogens (tertiary/aromatic N) is 3. The number of carbonyl (C=O) groups excluding carboxylic acids is 1. The van der Waals surface area contributed by atoms with Crippen molar-refractivity contribution in [1.29, 1.82) is 0 Å². The van der Waals surface area contributed by atoms with Gasteiger partial charge in [0.2, 0.25) is 0 Å². The monoisotopic (exact) mass is 406 g/mol. The average Bonchev–Trinajstić information content (AvgIpc) is 2.99. The van der Waals surface area contributed by atoms with E-state index in [-0.39, 0.29) is 22.6 Å². The number of rotatable bonds is 5. The van der Waals surface area contributed by atoms with E-state index >= 15 is 0 Å². The molecule has 0 saturated carbocycles. The summed E-state index contributed by atoms with van der Waals surface area (Å²) < 4.78 is 1.57. The molecule has 1 heterocycles. The van der Waals surface area contributed by atoms with Crippen LogP contribution in [0.1, 0.15) is 44.5 Å². The van der Waals surface area contributed by atoms with Gasteiger partial charge < -0.3 is 10.2 Å². The van der Waals surface area contributed by atoms with E-state index in [2.05, 4.69) is 15.6 Å². The zero-order valence-corrected chi connectivity index (χ0v) is 17.1. The molecular weight excluding hydrogens is 384 g/mol. The second-order valence-electron chi connectivity index (χ2n) is 7.07. The van der Waals surface area contributed by atoms with Crippen LogP contribution >= 0.6 is 0 Å². The summed E-state index contributed by atoms with van der Waals surface area (Å²) in [6.45, 7) is 5.59. The quantitative estimate of drug-likeness (QED) is 0.444. The molecule has 8 heteroatoms. The number of hydrogen-bond acceptors (Lipinski definition) is 5. The number of benzene rings is 2. The third kappa shape index (κ3) is 4.22. The molecule has 0 atom stereocenters. The van der Waals surface area contributed by atoms with Crippen LogP contribution in [-0.2, 0) is 7.05 Å². The van der Waals surface area contributed by atoms with Crippen molar-refractivity contribution >= 4 is 17.6 Å². The number of amides is 1. The second-order valence-corrected chi connectivity index (χ2v) is 7.07. The maximum atomic E-state index is 12.3. The smallest absolute Gasteiger partial charge is 0.335 e. The lowest BCUT2D eigenvalue weighted by atomic mass is 10.0. The summed E-state index contributed by atoms with van der Waals surface area (Å²) in [7, 11) is 1.73. The maximum Gasteiger partial charge on any atom is 0.335 e. The highest BCUT2D eigenvalue weighted by atomic mass is 16.4. The number of aryl methyl sites for hydroxylation is 3. The Hall–Kier alpha value is -3.94. The van der Waals surface area contributed by atoms with Gasteiger partial charge in [-0.1, -0.05) is 17.2 Å². The first-order valence-corrected chi connectivity index (χ1v) is 9.20. The van der Waals surface area contributed by atoms with Gasteiger partial charge in [-0.05, 0) is 57.2 Å². The molecule has 2 aromatic carbocycles. The summed E-state index contributed by atoms with van der Waals surface area (Å²) in [6.07, 6.45) is 0. The molecule has 3 rings (SSSR count). The lowest BCUT2D eigenvalue weighted by molar-refractivity contribution is 0.0696. The Morgan fingerprint density at radius 2 is 1.60 bits per heavy atom. The largest absolute Gasteiger partial charge is 0.504 e. The number of hydrazone groups is 1. The fraction of sp³-hybridized carbons (Fsp3) is 0.182. The molecule has 8 nitrogen and oxygen atoms in total. The Morgan fingerprint density at radius 1 is 1.03 bits per heavy atom. The predicted molar refractivity (Wildman–Crippen MR) is 113 cm³/mol. The molecule has 0 aliphatic carbocycles. The van der Waals surface area contributed by atoms with Gasteiger partial charge in [0.05, 0.1) is 11.3 Å². The minimum atomic E-state index is -1.07. The zero-order valence-electron chi connectivity index (χ0n) is 17.1. The van der Waals surface area contributed by atoms with E-state index in [0.717, 1.165) is 16.7 Å². The molecule has 0 spiro atoms. The molecule has 0 aliphatic rings. The van der Waals surface area contributed by atoms with Crippen molar-refractivity contribution in [3.05, 3.63) is 70.4 Å². The Bertz CT molecular complexity index is 1140. The van der Waals surface area contributed by atoms with Crippen LogP contribution < -0.4 is 5.43 Å². The molecule has 0 unspecified atom stereocenters. The minimum Gasteiger partial charge on any atom is -0.504 e. The van der Waals surface area contributed by atoms with E-state index in [4.69, 9.17) is 5.11 Å². The Labute approximate surface area is 173 Å². The van der Waals surface area contributed by atoms with Crippen molar-refractivity contribution in [2.75, 3.05) is 0 Å². The molecule has 0 bridgehead atoms. The van der Waals surface area contributed by atoms with E-state index in [0.29, 0.717) is 11.4 Å². The highest BCUT2D eigenvalue weighted by Gasteiger charge is 2.20. The number of hydrogen-bond donors (Lipinski definition) is 3. The molecule has 154 valence electrons. The third-order valence-corrected chi connectivity index (χ3v) is 4.58. The Balaban J connectivity index is 1.84.